The molecule has 0 fully saturated rings. The number of fused-ring (bicyclic) bond motifs is 1. The number of nitrogens with one attached hydrogen (secondary N) is 1. The van der Waals surface area contributed by atoms with Crippen molar-refractivity contribution in [2.45, 2.75) is 27.7 Å². The minimum atomic E-state index is -0.0869. The number of amides is 1. The molecule has 4 heteroatoms. The maximum Gasteiger partial charge on any atom is 0.246 e. The normalized spacial score (nSPS) is 11.4. The van der Waals surface area contributed by atoms with Crippen LogP contribution in [0.5, 0.6) is 5.75 Å². The molecule has 0 bridgehead atoms. The standard InChI is InChI=1S/C26H27NO3/c1-6-27-26(29)17(3)13-19-7-9-20(10-8-19)25(28)21-11-12-22-18(4)24(30-5)14-16(2)23(22)15-21/h7-15H,6H2,1-5H3,(H,27,29). The minimum Gasteiger partial charge on any atom is -0.496 e. The van der Waals surface area contributed by atoms with Gasteiger partial charge in [-0.2, -0.15) is 0 Å². The molecule has 0 unspecified atom stereocenters. The fourth-order valence-electron chi connectivity index (χ4n) is 3.58. The molecule has 0 aliphatic carbocycles. The van der Waals surface area contributed by atoms with Crippen molar-refractivity contribution in [3.8, 4) is 5.75 Å². The molecular formula is C26H27NO3. The van der Waals surface area contributed by atoms with Crippen molar-refractivity contribution in [2.24, 2.45) is 0 Å². The SMILES string of the molecule is CCNC(=O)C(C)=Cc1ccc(C(=O)c2ccc3c(C)c(OC)cc(C)c3c2)cc1. The maximum absolute atomic E-state index is 13.0. The number of hydrogen-bond acceptors (Lipinski definition) is 3. The van der Waals surface area contributed by atoms with Crippen LogP contribution < -0.4 is 10.1 Å². The molecule has 0 aliphatic heterocycles. The second-order valence-corrected chi connectivity index (χ2v) is 7.42. The van der Waals surface area contributed by atoms with Gasteiger partial charge < -0.3 is 10.1 Å². The lowest BCUT2D eigenvalue weighted by Crippen LogP contribution is -2.23. The zero-order valence-corrected chi connectivity index (χ0v) is 18.1. The Hall–Kier alpha value is -3.40. The van der Waals surface area contributed by atoms with Gasteiger partial charge in [-0.05, 0) is 73.4 Å². The van der Waals surface area contributed by atoms with Crippen molar-refractivity contribution in [2.75, 3.05) is 13.7 Å². The number of hydrogen-bond donors (Lipinski definition) is 1. The van der Waals surface area contributed by atoms with Gasteiger partial charge in [0.2, 0.25) is 5.91 Å². The highest BCUT2D eigenvalue weighted by molar-refractivity contribution is 6.11. The van der Waals surface area contributed by atoms with Gasteiger partial charge in [-0.3, -0.25) is 9.59 Å². The van der Waals surface area contributed by atoms with Crippen LogP contribution in [0.25, 0.3) is 16.8 Å². The van der Waals surface area contributed by atoms with Crippen molar-refractivity contribution in [1.29, 1.82) is 0 Å². The van der Waals surface area contributed by atoms with Crippen LogP contribution in [0.1, 0.15) is 46.5 Å². The van der Waals surface area contributed by atoms with Crippen LogP contribution in [-0.4, -0.2) is 25.3 Å². The summed E-state index contributed by atoms with van der Waals surface area (Å²) in [5, 5.41) is 4.92. The van der Waals surface area contributed by atoms with Gasteiger partial charge in [-0.25, -0.2) is 0 Å². The Bertz CT molecular complexity index is 1140. The Morgan fingerprint density at radius 2 is 1.63 bits per heavy atom. The number of benzene rings is 3. The van der Waals surface area contributed by atoms with Gasteiger partial charge >= 0.3 is 0 Å². The molecule has 1 amide bonds. The van der Waals surface area contributed by atoms with Gasteiger partial charge in [0.1, 0.15) is 5.75 Å². The van der Waals surface area contributed by atoms with E-state index < -0.39 is 0 Å². The van der Waals surface area contributed by atoms with E-state index in [2.05, 4.69) is 5.32 Å². The average molecular weight is 402 g/mol. The number of aryl methyl sites for hydroxylation is 2. The molecule has 1 N–H and O–H groups in total. The summed E-state index contributed by atoms with van der Waals surface area (Å²) in [5.41, 5.74) is 4.92. The smallest absolute Gasteiger partial charge is 0.246 e. The Morgan fingerprint density at radius 1 is 0.967 bits per heavy atom. The highest BCUT2D eigenvalue weighted by atomic mass is 16.5. The number of rotatable bonds is 6. The Morgan fingerprint density at radius 3 is 2.27 bits per heavy atom. The zero-order chi connectivity index (χ0) is 21.8. The predicted octanol–water partition coefficient (Wildman–Crippen LogP) is 5.24. The van der Waals surface area contributed by atoms with Crippen LogP contribution in [0.2, 0.25) is 0 Å². The Labute approximate surface area is 177 Å². The second-order valence-electron chi connectivity index (χ2n) is 7.42. The molecule has 0 atom stereocenters. The van der Waals surface area contributed by atoms with Gasteiger partial charge in [0.25, 0.3) is 0 Å². The number of ketones is 1. The molecular weight excluding hydrogens is 374 g/mol. The fourth-order valence-corrected chi connectivity index (χ4v) is 3.58. The highest BCUT2D eigenvalue weighted by Crippen LogP contribution is 2.31. The average Bonchev–Trinajstić information content (AvgIpc) is 2.76. The first-order chi connectivity index (χ1) is 14.3. The first kappa shape index (κ1) is 21.3. The van der Waals surface area contributed by atoms with E-state index in [9.17, 15) is 9.59 Å². The molecule has 0 aromatic heterocycles. The molecule has 3 aromatic rings. The lowest BCUT2D eigenvalue weighted by Gasteiger charge is -2.12. The first-order valence-electron chi connectivity index (χ1n) is 10.0. The Balaban J connectivity index is 1.90. The number of carbonyl (C=O) groups excluding carboxylic acids is 2. The molecule has 3 aromatic carbocycles. The van der Waals surface area contributed by atoms with E-state index in [1.165, 1.54) is 0 Å². The van der Waals surface area contributed by atoms with Crippen LogP contribution in [0.3, 0.4) is 0 Å². The molecule has 0 aliphatic rings. The van der Waals surface area contributed by atoms with Crippen molar-refractivity contribution in [1.82, 2.24) is 5.32 Å². The minimum absolute atomic E-state index is 0.0271. The van der Waals surface area contributed by atoms with Gasteiger partial charge in [0.15, 0.2) is 5.78 Å². The van der Waals surface area contributed by atoms with Crippen molar-refractivity contribution >= 4 is 28.5 Å². The molecule has 3 rings (SSSR count). The van der Waals surface area contributed by atoms with Crippen LogP contribution in [0, 0.1) is 13.8 Å². The topological polar surface area (TPSA) is 55.4 Å². The summed E-state index contributed by atoms with van der Waals surface area (Å²) in [6, 6.07) is 15.1. The van der Waals surface area contributed by atoms with Crippen molar-refractivity contribution in [3.05, 3.63) is 81.9 Å². The lowest BCUT2D eigenvalue weighted by atomic mass is 9.95. The largest absolute Gasteiger partial charge is 0.496 e. The van der Waals surface area contributed by atoms with Crippen LogP contribution >= 0.6 is 0 Å². The van der Waals surface area contributed by atoms with E-state index >= 15 is 0 Å². The van der Waals surface area contributed by atoms with E-state index in [0.29, 0.717) is 23.2 Å². The van der Waals surface area contributed by atoms with Gasteiger partial charge in [0, 0.05) is 23.2 Å². The molecule has 0 radical (unpaired) electrons. The Kier molecular flexibility index (Phi) is 6.36. The molecule has 0 saturated carbocycles. The van der Waals surface area contributed by atoms with E-state index in [1.807, 2.05) is 63.2 Å². The summed E-state index contributed by atoms with van der Waals surface area (Å²) in [4.78, 5) is 24.9. The summed E-state index contributed by atoms with van der Waals surface area (Å²) in [5.74, 6) is 0.738. The van der Waals surface area contributed by atoms with E-state index in [-0.39, 0.29) is 11.7 Å². The summed E-state index contributed by atoms with van der Waals surface area (Å²) < 4.78 is 5.45. The van der Waals surface area contributed by atoms with E-state index in [4.69, 9.17) is 4.74 Å². The summed E-state index contributed by atoms with van der Waals surface area (Å²) in [6.45, 7) is 8.30. The van der Waals surface area contributed by atoms with E-state index in [0.717, 1.165) is 33.2 Å². The molecule has 30 heavy (non-hydrogen) atoms. The van der Waals surface area contributed by atoms with Gasteiger partial charge in [0.05, 0.1) is 7.11 Å². The van der Waals surface area contributed by atoms with Crippen molar-refractivity contribution < 1.29 is 14.3 Å². The monoisotopic (exact) mass is 401 g/mol. The fraction of sp³-hybridized carbons (Fsp3) is 0.231. The third-order valence-corrected chi connectivity index (χ3v) is 5.30. The zero-order valence-electron chi connectivity index (χ0n) is 18.1. The molecule has 0 spiro atoms. The van der Waals surface area contributed by atoms with Gasteiger partial charge in [-0.1, -0.05) is 36.4 Å². The first-order valence-corrected chi connectivity index (χ1v) is 10.0. The quantitative estimate of drug-likeness (QED) is 0.454. The highest BCUT2D eigenvalue weighted by Gasteiger charge is 2.13. The van der Waals surface area contributed by atoms with E-state index in [1.54, 1.807) is 26.2 Å². The summed E-state index contributed by atoms with van der Waals surface area (Å²) in [6.07, 6.45) is 1.81. The van der Waals surface area contributed by atoms with Crippen LogP contribution in [0.15, 0.2) is 54.1 Å². The number of methoxy groups -OCH3 is 1. The molecule has 154 valence electrons. The number of carbonyl (C=O) groups is 2. The maximum atomic E-state index is 13.0. The molecule has 4 nitrogen and oxygen atoms in total. The second kappa shape index (κ2) is 8.95. The molecule has 0 heterocycles. The number of ether oxygens (including phenoxy) is 1. The van der Waals surface area contributed by atoms with Gasteiger partial charge in [-0.15, -0.1) is 0 Å². The third-order valence-electron chi connectivity index (χ3n) is 5.30. The summed E-state index contributed by atoms with van der Waals surface area (Å²) >= 11 is 0. The van der Waals surface area contributed by atoms with Crippen molar-refractivity contribution in [3.63, 3.8) is 0 Å². The lowest BCUT2D eigenvalue weighted by molar-refractivity contribution is -0.117. The van der Waals surface area contributed by atoms with Crippen LogP contribution in [0.4, 0.5) is 0 Å². The summed E-state index contributed by atoms with van der Waals surface area (Å²) in [7, 11) is 1.67. The number of likely N-dealkylation sites (N-methyl/N-ethyl adjacent to an activating group) is 1. The third kappa shape index (κ3) is 4.28. The molecule has 0 saturated heterocycles. The van der Waals surface area contributed by atoms with Crippen LogP contribution in [-0.2, 0) is 4.79 Å². The predicted molar refractivity (Wildman–Crippen MR) is 122 cm³/mol.